The molecular weight excluding hydrogens is 172 g/mol. The van der Waals surface area contributed by atoms with Crippen LogP contribution in [-0.4, -0.2) is 28.3 Å². The van der Waals surface area contributed by atoms with Crippen molar-refractivity contribution < 1.29 is 14.7 Å². The van der Waals surface area contributed by atoms with Gasteiger partial charge in [0.1, 0.15) is 6.29 Å². The third kappa shape index (κ3) is 2.32. The van der Waals surface area contributed by atoms with E-state index in [0.717, 1.165) is 0 Å². The lowest BCUT2D eigenvalue weighted by atomic mass is 10.1. The minimum atomic E-state index is -0.984. The second-order valence-electron chi connectivity index (χ2n) is 2.05. The van der Waals surface area contributed by atoms with Crippen LogP contribution < -0.4 is 0 Å². The maximum atomic E-state index is 10.3. The second-order valence-corrected chi connectivity index (χ2v) is 2.05. The highest BCUT2D eigenvalue weighted by Gasteiger charge is 1.99. The van der Waals surface area contributed by atoms with Crippen molar-refractivity contribution in [3.05, 3.63) is 35.4 Å². The third-order valence-corrected chi connectivity index (χ3v) is 1.29. The lowest BCUT2D eigenvalue weighted by molar-refractivity contribution is 0.0696. The average molecular weight is 182 g/mol. The number of carboxylic acid groups (broad SMARTS) is 1. The predicted octanol–water partition coefficient (Wildman–Crippen LogP) is -0.254. The highest BCUT2D eigenvalue weighted by molar-refractivity contribution is 5.88. The molecule has 1 rings (SSSR count). The minimum absolute atomic E-state index is 0. The van der Waals surface area contributed by atoms with Gasteiger partial charge in [0.25, 0.3) is 0 Å². The summed E-state index contributed by atoms with van der Waals surface area (Å²) in [5, 5.41) is 8.46. The first kappa shape index (κ1) is 10.6. The predicted molar refractivity (Wildman–Crippen MR) is 50.1 cm³/mol. The molecule has 0 radical (unpaired) electrons. The van der Waals surface area contributed by atoms with Crippen molar-refractivity contribution in [2.75, 3.05) is 0 Å². The summed E-state index contributed by atoms with van der Waals surface area (Å²) in [4.78, 5) is 20.5. The minimum Gasteiger partial charge on any atom is -0.478 e. The van der Waals surface area contributed by atoms with Crippen molar-refractivity contribution in [2.24, 2.45) is 0 Å². The van der Waals surface area contributed by atoms with Crippen LogP contribution in [-0.2, 0) is 0 Å². The van der Waals surface area contributed by atoms with E-state index in [1.54, 1.807) is 0 Å². The molecule has 0 aromatic heterocycles. The first-order chi connectivity index (χ1) is 5.24. The third-order valence-electron chi connectivity index (χ3n) is 1.29. The number of carbonyl (C=O) groups excluding carboxylic acids is 1. The highest BCUT2D eigenvalue weighted by Crippen LogP contribution is 2.01. The molecule has 0 aliphatic rings. The number of hydrogen-bond acceptors (Lipinski definition) is 2. The molecule has 0 saturated heterocycles. The maximum Gasteiger partial charge on any atom is 0.335 e. The van der Waals surface area contributed by atoms with Gasteiger partial charge in [0.15, 0.2) is 0 Å². The summed E-state index contributed by atoms with van der Waals surface area (Å²) in [6.45, 7) is 0. The van der Waals surface area contributed by atoms with Gasteiger partial charge in [0.2, 0.25) is 0 Å². The van der Waals surface area contributed by atoms with Gasteiger partial charge in [0, 0.05) is 5.56 Å². The molecule has 0 saturated carbocycles. The van der Waals surface area contributed by atoms with Crippen LogP contribution in [0, 0.1) is 0 Å². The van der Waals surface area contributed by atoms with E-state index < -0.39 is 5.97 Å². The topological polar surface area (TPSA) is 54.4 Å². The zero-order valence-corrected chi connectivity index (χ0v) is 5.65. The van der Waals surface area contributed by atoms with Crippen molar-refractivity contribution in [1.29, 1.82) is 0 Å². The van der Waals surface area contributed by atoms with E-state index in [4.69, 9.17) is 5.11 Å². The summed E-state index contributed by atoms with van der Waals surface area (Å²) in [5.74, 6) is -0.984. The standard InChI is InChI=1S/C8H6O3.H4Si/c9-5-6-1-3-7(4-2-6)8(10)11;/h1-5H,(H,10,11);1H4. The van der Waals surface area contributed by atoms with Gasteiger partial charge in [-0.25, -0.2) is 4.79 Å². The first-order valence-corrected chi connectivity index (χ1v) is 3.02. The Kier molecular flexibility index (Phi) is 3.93. The normalized spacial score (nSPS) is 8.33. The van der Waals surface area contributed by atoms with Crippen LogP contribution in [0.15, 0.2) is 24.3 Å². The molecule has 64 valence electrons. The SMILES string of the molecule is O=Cc1ccc(C(=O)O)cc1.[SiH4]. The van der Waals surface area contributed by atoms with Gasteiger partial charge < -0.3 is 5.11 Å². The van der Waals surface area contributed by atoms with Crippen molar-refractivity contribution in [2.45, 2.75) is 0 Å². The van der Waals surface area contributed by atoms with E-state index in [1.165, 1.54) is 24.3 Å². The second kappa shape index (κ2) is 4.45. The molecule has 0 heterocycles. The molecule has 0 amide bonds. The van der Waals surface area contributed by atoms with Crippen LogP contribution in [0.4, 0.5) is 0 Å². The smallest absolute Gasteiger partial charge is 0.335 e. The number of hydrogen-bond donors (Lipinski definition) is 1. The Balaban J connectivity index is 0.00000121. The number of aromatic carboxylic acids is 1. The van der Waals surface area contributed by atoms with E-state index in [-0.39, 0.29) is 16.5 Å². The fourth-order valence-corrected chi connectivity index (χ4v) is 0.704. The number of aldehydes is 1. The Hall–Kier alpha value is -1.42. The molecule has 1 aromatic carbocycles. The molecule has 0 bridgehead atoms. The van der Waals surface area contributed by atoms with E-state index >= 15 is 0 Å². The Bertz CT molecular complexity index is 279. The van der Waals surface area contributed by atoms with E-state index in [0.29, 0.717) is 11.8 Å². The van der Waals surface area contributed by atoms with Gasteiger partial charge in [-0.15, -0.1) is 0 Å². The monoisotopic (exact) mass is 182 g/mol. The Morgan fingerprint density at radius 2 is 1.75 bits per heavy atom. The summed E-state index contributed by atoms with van der Waals surface area (Å²) >= 11 is 0. The van der Waals surface area contributed by atoms with Crippen molar-refractivity contribution in [1.82, 2.24) is 0 Å². The van der Waals surface area contributed by atoms with Gasteiger partial charge in [-0.05, 0) is 23.1 Å². The highest BCUT2D eigenvalue weighted by atomic mass is 28.1. The number of carboxylic acids is 1. The zero-order chi connectivity index (χ0) is 8.27. The van der Waals surface area contributed by atoms with Gasteiger partial charge >= 0.3 is 5.97 Å². The Labute approximate surface area is 74.1 Å². The number of rotatable bonds is 2. The maximum absolute atomic E-state index is 10.3. The lowest BCUT2D eigenvalue weighted by Crippen LogP contribution is -1.95. The number of benzene rings is 1. The van der Waals surface area contributed by atoms with Crippen molar-refractivity contribution >= 4 is 23.2 Å². The Morgan fingerprint density at radius 3 is 2.08 bits per heavy atom. The quantitative estimate of drug-likeness (QED) is 0.506. The largest absolute Gasteiger partial charge is 0.478 e. The summed E-state index contributed by atoms with van der Waals surface area (Å²) < 4.78 is 0. The van der Waals surface area contributed by atoms with Crippen LogP contribution in [0.1, 0.15) is 20.7 Å². The fraction of sp³-hybridized carbons (Fsp3) is 0. The van der Waals surface area contributed by atoms with E-state index in [9.17, 15) is 9.59 Å². The molecule has 1 N–H and O–H groups in total. The fourth-order valence-electron chi connectivity index (χ4n) is 0.704. The molecule has 0 aliphatic heterocycles. The average Bonchev–Trinajstić information content (AvgIpc) is 2.05. The molecule has 12 heavy (non-hydrogen) atoms. The van der Waals surface area contributed by atoms with Gasteiger partial charge in [-0.1, -0.05) is 12.1 Å². The molecule has 0 unspecified atom stereocenters. The van der Waals surface area contributed by atoms with E-state index in [1.807, 2.05) is 0 Å². The Morgan fingerprint density at radius 1 is 1.25 bits per heavy atom. The van der Waals surface area contributed by atoms with Gasteiger partial charge in [0.05, 0.1) is 5.56 Å². The summed E-state index contributed by atoms with van der Waals surface area (Å²) in [6.07, 6.45) is 0.672. The molecule has 0 fully saturated rings. The lowest BCUT2D eigenvalue weighted by Gasteiger charge is -1.92. The van der Waals surface area contributed by atoms with Crippen molar-refractivity contribution in [3.63, 3.8) is 0 Å². The van der Waals surface area contributed by atoms with E-state index in [2.05, 4.69) is 0 Å². The van der Waals surface area contributed by atoms with Crippen LogP contribution in [0.25, 0.3) is 0 Å². The number of carbonyl (C=O) groups is 2. The molecule has 0 spiro atoms. The molecule has 4 heteroatoms. The molecule has 1 aromatic rings. The van der Waals surface area contributed by atoms with Crippen LogP contribution >= 0.6 is 0 Å². The molecular formula is C8H10O3Si. The summed E-state index contributed by atoms with van der Waals surface area (Å²) in [5.41, 5.74) is 0.672. The van der Waals surface area contributed by atoms with Gasteiger partial charge in [-0.3, -0.25) is 4.79 Å². The van der Waals surface area contributed by atoms with Gasteiger partial charge in [-0.2, -0.15) is 0 Å². The summed E-state index contributed by atoms with van der Waals surface area (Å²) in [6, 6.07) is 5.73. The van der Waals surface area contributed by atoms with Crippen LogP contribution in [0.2, 0.25) is 0 Å². The first-order valence-electron chi connectivity index (χ1n) is 3.02. The molecule has 0 atom stereocenters. The molecule has 0 aliphatic carbocycles. The zero-order valence-electron chi connectivity index (χ0n) is 5.65. The van der Waals surface area contributed by atoms with Crippen LogP contribution in [0.3, 0.4) is 0 Å². The van der Waals surface area contributed by atoms with Crippen molar-refractivity contribution in [3.8, 4) is 0 Å². The molecule has 3 nitrogen and oxygen atoms in total. The summed E-state index contributed by atoms with van der Waals surface area (Å²) in [7, 11) is 0. The van der Waals surface area contributed by atoms with Crippen LogP contribution in [0.5, 0.6) is 0 Å².